The van der Waals surface area contributed by atoms with E-state index in [1.807, 2.05) is 0 Å². The Kier molecular flexibility index (Phi) is 2.48. The van der Waals surface area contributed by atoms with Crippen molar-refractivity contribution in [1.82, 2.24) is 5.32 Å². The first-order chi connectivity index (χ1) is 6.10. The summed E-state index contributed by atoms with van der Waals surface area (Å²) >= 11 is 0. The van der Waals surface area contributed by atoms with Gasteiger partial charge in [0, 0.05) is 0 Å². The van der Waals surface area contributed by atoms with Crippen LogP contribution in [0.3, 0.4) is 0 Å². The first-order valence-electron chi connectivity index (χ1n) is 3.69. The summed E-state index contributed by atoms with van der Waals surface area (Å²) in [5.41, 5.74) is 3.34. The normalized spacial score (nSPS) is 31.3. The zero-order chi connectivity index (χ0) is 9.90. The van der Waals surface area contributed by atoms with Crippen molar-refractivity contribution < 1.29 is 14.7 Å². The van der Waals surface area contributed by atoms with Gasteiger partial charge in [0.05, 0.1) is 0 Å². The molecule has 4 N–H and O–H groups in total. The fraction of sp³-hybridized carbons (Fsp3) is 0.250. The van der Waals surface area contributed by atoms with Crippen molar-refractivity contribution >= 4 is 12.3 Å². The highest BCUT2D eigenvalue weighted by Crippen LogP contribution is 2.20. The predicted octanol–water partition coefficient (Wildman–Crippen LogP) is -1.35. The first-order valence-corrected chi connectivity index (χ1v) is 3.69. The largest absolute Gasteiger partial charge is 0.369 e. The van der Waals surface area contributed by atoms with Gasteiger partial charge >= 0.3 is 0 Å². The van der Waals surface area contributed by atoms with Crippen LogP contribution in [0.4, 0.5) is 0 Å². The maximum atomic E-state index is 10.9. The summed E-state index contributed by atoms with van der Waals surface area (Å²) in [6, 6.07) is 0. The van der Waals surface area contributed by atoms with Crippen molar-refractivity contribution in [3.05, 3.63) is 24.3 Å². The summed E-state index contributed by atoms with van der Waals surface area (Å²) in [6.07, 6.45) is 6.15. The number of nitrogens with one attached hydrogen (secondary N) is 1. The lowest BCUT2D eigenvalue weighted by Crippen LogP contribution is -2.53. The number of nitrogens with two attached hydrogens (primary N) is 1. The Morgan fingerprint density at radius 3 is 2.85 bits per heavy atom. The van der Waals surface area contributed by atoms with Crippen LogP contribution in [0, 0.1) is 5.92 Å². The number of carbonyl (C=O) groups is 2. The smallest absolute Gasteiger partial charge is 0.229 e. The maximum Gasteiger partial charge on any atom is 0.229 e. The van der Waals surface area contributed by atoms with Gasteiger partial charge in [-0.3, -0.25) is 9.59 Å². The molecule has 0 aromatic carbocycles. The van der Waals surface area contributed by atoms with Gasteiger partial charge in [-0.25, -0.2) is 0 Å². The molecule has 0 bridgehead atoms. The van der Waals surface area contributed by atoms with Gasteiger partial charge in [0.15, 0.2) is 5.72 Å². The molecule has 0 spiro atoms. The van der Waals surface area contributed by atoms with Gasteiger partial charge < -0.3 is 16.2 Å². The minimum Gasteiger partial charge on any atom is -0.369 e. The van der Waals surface area contributed by atoms with E-state index < -0.39 is 17.6 Å². The number of hydrogen-bond acceptors (Lipinski definition) is 3. The second-order valence-electron chi connectivity index (χ2n) is 2.71. The molecular weight excluding hydrogens is 172 g/mol. The zero-order valence-corrected chi connectivity index (χ0v) is 6.81. The molecule has 70 valence electrons. The number of aliphatic hydroxyl groups is 1. The number of carbonyl (C=O) groups excluding carboxylic acids is 2. The highest BCUT2D eigenvalue weighted by Gasteiger charge is 2.37. The molecule has 0 fully saturated rings. The van der Waals surface area contributed by atoms with Gasteiger partial charge in [-0.1, -0.05) is 18.2 Å². The summed E-state index contributed by atoms with van der Waals surface area (Å²) in [5.74, 6) is -1.62. The van der Waals surface area contributed by atoms with Crippen LogP contribution >= 0.6 is 0 Å². The number of rotatable bonds is 3. The molecular formula is C8H10N2O3. The van der Waals surface area contributed by atoms with Crippen LogP contribution in [0.5, 0.6) is 0 Å². The molecule has 1 rings (SSSR count). The number of allylic oxidation sites excluding steroid dienone is 2. The van der Waals surface area contributed by atoms with E-state index in [1.54, 1.807) is 6.08 Å². The Balaban J connectivity index is 2.92. The fourth-order valence-corrected chi connectivity index (χ4v) is 1.17. The molecule has 1 aliphatic rings. The Bertz CT molecular complexity index is 285. The van der Waals surface area contributed by atoms with E-state index in [9.17, 15) is 14.7 Å². The second-order valence-corrected chi connectivity index (χ2v) is 2.71. The van der Waals surface area contributed by atoms with Gasteiger partial charge in [0.25, 0.3) is 0 Å². The molecule has 0 aliphatic heterocycles. The highest BCUT2D eigenvalue weighted by atomic mass is 16.3. The number of amides is 2. The summed E-state index contributed by atoms with van der Waals surface area (Å²) < 4.78 is 0. The number of hydrogen-bond donors (Lipinski definition) is 3. The van der Waals surface area contributed by atoms with Crippen molar-refractivity contribution in [2.45, 2.75) is 5.72 Å². The number of primary amides is 1. The van der Waals surface area contributed by atoms with Crippen LogP contribution in [0.25, 0.3) is 0 Å². The molecule has 0 saturated carbocycles. The van der Waals surface area contributed by atoms with E-state index in [0.717, 1.165) is 0 Å². The lowest BCUT2D eigenvalue weighted by atomic mass is 9.91. The fourth-order valence-electron chi connectivity index (χ4n) is 1.17. The van der Waals surface area contributed by atoms with E-state index in [4.69, 9.17) is 5.73 Å². The lowest BCUT2D eigenvalue weighted by molar-refractivity contribution is -0.129. The highest BCUT2D eigenvalue weighted by molar-refractivity contribution is 5.81. The molecule has 0 radical (unpaired) electrons. The van der Waals surface area contributed by atoms with E-state index >= 15 is 0 Å². The van der Waals surface area contributed by atoms with Crippen LogP contribution in [-0.4, -0.2) is 23.1 Å². The molecule has 2 amide bonds. The van der Waals surface area contributed by atoms with E-state index in [-0.39, 0.29) is 0 Å². The van der Waals surface area contributed by atoms with Crippen LogP contribution in [0.1, 0.15) is 0 Å². The van der Waals surface area contributed by atoms with Gasteiger partial charge in [0.1, 0.15) is 5.92 Å². The first kappa shape index (κ1) is 9.47. The molecule has 1 aliphatic carbocycles. The minimum absolute atomic E-state index is 0.319. The average molecular weight is 182 g/mol. The summed E-state index contributed by atoms with van der Waals surface area (Å²) in [6.45, 7) is 0. The summed E-state index contributed by atoms with van der Waals surface area (Å²) in [4.78, 5) is 21.0. The topological polar surface area (TPSA) is 92.4 Å². The summed E-state index contributed by atoms with van der Waals surface area (Å²) in [5, 5.41) is 11.8. The molecule has 0 aromatic heterocycles. The van der Waals surface area contributed by atoms with Gasteiger partial charge in [-0.15, -0.1) is 0 Å². The maximum absolute atomic E-state index is 10.9. The van der Waals surface area contributed by atoms with Crippen LogP contribution < -0.4 is 11.1 Å². The molecule has 5 nitrogen and oxygen atoms in total. The van der Waals surface area contributed by atoms with Crippen LogP contribution in [0.2, 0.25) is 0 Å². The van der Waals surface area contributed by atoms with Crippen LogP contribution in [-0.2, 0) is 9.59 Å². The zero-order valence-electron chi connectivity index (χ0n) is 6.81. The standard InChI is InChI=1S/C8H10N2O3/c9-7(12)6-3-1-2-4-8(6,13)10-5-11/h1-6,13H,(H2,9,12)(H,10,11). The molecule has 2 atom stereocenters. The van der Waals surface area contributed by atoms with Crippen molar-refractivity contribution in [2.24, 2.45) is 11.7 Å². The quantitative estimate of drug-likeness (QED) is 0.372. The average Bonchev–Trinajstić information content (AvgIpc) is 2.04. The third-order valence-corrected chi connectivity index (χ3v) is 1.84. The molecule has 0 aromatic rings. The van der Waals surface area contributed by atoms with Gasteiger partial charge in [0.2, 0.25) is 12.3 Å². The van der Waals surface area contributed by atoms with Crippen molar-refractivity contribution in [2.75, 3.05) is 0 Å². The molecule has 13 heavy (non-hydrogen) atoms. The Morgan fingerprint density at radius 1 is 1.62 bits per heavy atom. The SMILES string of the molecule is NC(=O)C1C=CC=CC1(O)NC=O. The van der Waals surface area contributed by atoms with E-state index in [0.29, 0.717) is 6.41 Å². The Hall–Kier alpha value is -1.62. The molecule has 2 unspecified atom stereocenters. The summed E-state index contributed by atoms with van der Waals surface area (Å²) in [7, 11) is 0. The van der Waals surface area contributed by atoms with Crippen LogP contribution in [0.15, 0.2) is 24.3 Å². The predicted molar refractivity (Wildman–Crippen MR) is 45.1 cm³/mol. The molecule has 0 heterocycles. The molecule has 5 heteroatoms. The minimum atomic E-state index is -1.69. The monoisotopic (exact) mass is 182 g/mol. The third kappa shape index (κ3) is 1.75. The van der Waals surface area contributed by atoms with Gasteiger partial charge in [-0.2, -0.15) is 0 Å². The van der Waals surface area contributed by atoms with E-state index in [2.05, 4.69) is 5.32 Å². The van der Waals surface area contributed by atoms with Gasteiger partial charge in [-0.05, 0) is 6.08 Å². The Labute approximate surface area is 74.9 Å². The Morgan fingerprint density at radius 2 is 2.31 bits per heavy atom. The lowest BCUT2D eigenvalue weighted by Gasteiger charge is -2.30. The molecule has 0 saturated heterocycles. The van der Waals surface area contributed by atoms with E-state index in [1.165, 1.54) is 18.2 Å². The second kappa shape index (κ2) is 3.40. The van der Waals surface area contributed by atoms with Crippen molar-refractivity contribution in [3.8, 4) is 0 Å². The van der Waals surface area contributed by atoms with Crippen molar-refractivity contribution in [3.63, 3.8) is 0 Å². The third-order valence-electron chi connectivity index (χ3n) is 1.84. The van der Waals surface area contributed by atoms with Crippen molar-refractivity contribution in [1.29, 1.82) is 0 Å².